The Morgan fingerprint density at radius 1 is 1.56 bits per heavy atom. The van der Waals surface area contributed by atoms with E-state index in [4.69, 9.17) is 4.74 Å². The van der Waals surface area contributed by atoms with Crippen LogP contribution in [0.1, 0.15) is 12.5 Å². The number of allylic oxidation sites excluding steroid dienone is 1. The van der Waals surface area contributed by atoms with Gasteiger partial charge in [-0.15, -0.1) is 0 Å². The number of ether oxygens (including phenoxy) is 1. The van der Waals surface area contributed by atoms with Gasteiger partial charge in [0.2, 0.25) is 0 Å². The van der Waals surface area contributed by atoms with Gasteiger partial charge in [0.15, 0.2) is 0 Å². The van der Waals surface area contributed by atoms with Crippen LogP contribution in [0.3, 0.4) is 0 Å². The van der Waals surface area contributed by atoms with Crippen molar-refractivity contribution in [3.63, 3.8) is 0 Å². The number of benzene rings is 1. The Bertz CT molecular complexity index is 485. The lowest BCUT2D eigenvalue weighted by atomic mass is 10.1. The molecule has 0 amide bonds. The van der Waals surface area contributed by atoms with Crippen LogP contribution in [0.15, 0.2) is 30.3 Å². The van der Waals surface area contributed by atoms with Crippen LogP contribution in [0.2, 0.25) is 0 Å². The zero-order valence-corrected chi connectivity index (χ0v) is 11.3. The summed E-state index contributed by atoms with van der Waals surface area (Å²) in [4.78, 5) is 21.6. The molecule has 0 saturated heterocycles. The molecule has 6 heteroatoms. The SMILES string of the molecule is CCOC(=O)C=C(CBr)c1cccc([N+](=O)[O-])c1. The number of carbonyl (C=O) groups excluding carboxylic acids is 1. The lowest BCUT2D eigenvalue weighted by Crippen LogP contribution is -2.01. The first-order valence-electron chi connectivity index (χ1n) is 5.26. The largest absolute Gasteiger partial charge is 0.463 e. The summed E-state index contributed by atoms with van der Waals surface area (Å²) >= 11 is 3.25. The van der Waals surface area contributed by atoms with E-state index in [0.717, 1.165) is 0 Å². The summed E-state index contributed by atoms with van der Waals surface area (Å²) in [6.07, 6.45) is 1.33. The normalized spacial score (nSPS) is 11.1. The highest BCUT2D eigenvalue weighted by molar-refractivity contribution is 9.09. The van der Waals surface area contributed by atoms with Gasteiger partial charge in [0.05, 0.1) is 11.5 Å². The third-order valence-electron chi connectivity index (χ3n) is 2.15. The second-order valence-electron chi connectivity index (χ2n) is 3.36. The molecule has 0 aliphatic rings. The number of nitrogens with zero attached hydrogens (tertiary/aromatic N) is 1. The fraction of sp³-hybridized carbons (Fsp3) is 0.250. The molecule has 0 aliphatic carbocycles. The van der Waals surface area contributed by atoms with Crippen molar-refractivity contribution in [1.82, 2.24) is 0 Å². The Morgan fingerprint density at radius 3 is 2.83 bits per heavy atom. The van der Waals surface area contributed by atoms with Gasteiger partial charge in [0.25, 0.3) is 5.69 Å². The monoisotopic (exact) mass is 313 g/mol. The molecule has 5 nitrogen and oxygen atoms in total. The van der Waals surface area contributed by atoms with Crippen LogP contribution < -0.4 is 0 Å². The molecule has 0 atom stereocenters. The Kier molecular flexibility index (Phi) is 5.51. The first-order chi connectivity index (χ1) is 8.58. The second kappa shape index (κ2) is 6.90. The number of halogens is 1. The van der Waals surface area contributed by atoms with Crippen LogP contribution in [-0.2, 0) is 9.53 Å². The summed E-state index contributed by atoms with van der Waals surface area (Å²) in [5.41, 5.74) is 1.24. The number of esters is 1. The molecule has 0 heterocycles. The Balaban J connectivity index is 3.05. The van der Waals surface area contributed by atoms with E-state index in [2.05, 4.69) is 15.9 Å². The van der Waals surface area contributed by atoms with Gasteiger partial charge in [-0.05, 0) is 18.1 Å². The van der Waals surface area contributed by atoms with Gasteiger partial charge in [-0.3, -0.25) is 10.1 Å². The summed E-state index contributed by atoms with van der Waals surface area (Å²) in [5.74, 6) is -0.460. The van der Waals surface area contributed by atoms with Crippen LogP contribution in [0.25, 0.3) is 5.57 Å². The number of non-ortho nitro benzene ring substituents is 1. The highest BCUT2D eigenvalue weighted by Crippen LogP contribution is 2.21. The first kappa shape index (κ1) is 14.4. The van der Waals surface area contributed by atoms with Crippen LogP contribution in [0.4, 0.5) is 5.69 Å². The number of hydrogen-bond donors (Lipinski definition) is 0. The summed E-state index contributed by atoms with van der Waals surface area (Å²) < 4.78 is 4.80. The molecular formula is C12H12BrNO4. The summed E-state index contributed by atoms with van der Waals surface area (Å²) in [5, 5.41) is 11.1. The lowest BCUT2D eigenvalue weighted by Gasteiger charge is -2.04. The molecule has 1 rings (SSSR count). The van der Waals surface area contributed by atoms with Crippen LogP contribution in [0.5, 0.6) is 0 Å². The van der Waals surface area contributed by atoms with E-state index >= 15 is 0 Å². The Morgan fingerprint density at radius 2 is 2.28 bits per heavy atom. The van der Waals surface area contributed by atoms with Gasteiger partial charge >= 0.3 is 5.97 Å². The molecule has 0 aliphatic heterocycles. The maximum atomic E-state index is 11.4. The van der Waals surface area contributed by atoms with E-state index in [1.807, 2.05) is 0 Å². The van der Waals surface area contributed by atoms with Crippen molar-refractivity contribution in [2.24, 2.45) is 0 Å². The second-order valence-corrected chi connectivity index (χ2v) is 3.92. The topological polar surface area (TPSA) is 69.4 Å². The van der Waals surface area contributed by atoms with Gasteiger partial charge in [0, 0.05) is 23.5 Å². The third-order valence-corrected chi connectivity index (χ3v) is 2.75. The predicted octanol–water partition coefficient (Wildman–Crippen LogP) is 2.94. The molecule has 0 N–H and O–H groups in total. The zero-order valence-electron chi connectivity index (χ0n) is 9.76. The van der Waals surface area contributed by atoms with E-state index in [1.54, 1.807) is 19.1 Å². The van der Waals surface area contributed by atoms with Crippen molar-refractivity contribution in [2.45, 2.75) is 6.92 Å². The molecule has 18 heavy (non-hydrogen) atoms. The molecular weight excluding hydrogens is 302 g/mol. The Labute approximate surface area is 113 Å². The summed E-state index contributed by atoms with van der Waals surface area (Å²) in [7, 11) is 0. The maximum Gasteiger partial charge on any atom is 0.331 e. The highest BCUT2D eigenvalue weighted by atomic mass is 79.9. The summed E-state index contributed by atoms with van der Waals surface area (Å²) in [6.45, 7) is 2.01. The number of nitro benzene ring substituents is 1. The minimum atomic E-state index is -0.473. The fourth-order valence-electron chi connectivity index (χ4n) is 1.34. The van der Waals surface area contributed by atoms with Crippen molar-refractivity contribution < 1.29 is 14.5 Å². The van der Waals surface area contributed by atoms with Gasteiger partial charge in [-0.25, -0.2) is 4.79 Å². The number of rotatable bonds is 5. The molecule has 0 saturated carbocycles. The minimum absolute atomic E-state index is 0.0109. The van der Waals surface area contributed by atoms with Crippen molar-refractivity contribution >= 4 is 33.2 Å². The molecule has 0 radical (unpaired) electrons. The van der Waals surface area contributed by atoms with Gasteiger partial charge in [0.1, 0.15) is 0 Å². The van der Waals surface area contributed by atoms with Crippen molar-refractivity contribution in [3.8, 4) is 0 Å². The zero-order chi connectivity index (χ0) is 13.5. The maximum absolute atomic E-state index is 11.4. The van der Waals surface area contributed by atoms with Crippen molar-refractivity contribution in [2.75, 3.05) is 11.9 Å². The third kappa shape index (κ3) is 3.96. The number of alkyl halides is 1. The molecule has 0 unspecified atom stereocenters. The van der Waals surface area contributed by atoms with Crippen LogP contribution in [0, 0.1) is 10.1 Å². The lowest BCUT2D eigenvalue weighted by molar-refractivity contribution is -0.384. The van der Waals surface area contributed by atoms with E-state index in [-0.39, 0.29) is 5.69 Å². The van der Waals surface area contributed by atoms with E-state index in [1.165, 1.54) is 18.2 Å². The molecule has 0 bridgehead atoms. The van der Waals surface area contributed by atoms with Crippen molar-refractivity contribution in [1.29, 1.82) is 0 Å². The molecule has 0 fully saturated rings. The average molecular weight is 314 g/mol. The van der Waals surface area contributed by atoms with E-state index in [0.29, 0.717) is 23.1 Å². The fourth-order valence-corrected chi connectivity index (χ4v) is 1.83. The average Bonchev–Trinajstić information content (AvgIpc) is 2.36. The van der Waals surface area contributed by atoms with Gasteiger partial charge < -0.3 is 4.74 Å². The van der Waals surface area contributed by atoms with Crippen LogP contribution >= 0.6 is 15.9 Å². The predicted molar refractivity (Wildman–Crippen MR) is 71.5 cm³/mol. The molecule has 1 aromatic rings. The van der Waals surface area contributed by atoms with Crippen LogP contribution in [-0.4, -0.2) is 22.8 Å². The smallest absolute Gasteiger partial charge is 0.331 e. The highest BCUT2D eigenvalue weighted by Gasteiger charge is 2.09. The molecule has 1 aromatic carbocycles. The summed E-state index contributed by atoms with van der Waals surface area (Å²) in [6, 6.07) is 6.11. The minimum Gasteiger partial charge on any atom is -0.463 e. The molecule has 0 aromatic heterocycles. The standard InChI is InChI=1S/C12H12BrNO4/c1-2-18-12(15)7-10(8-13)9-4-3-5-11(6-9)14(16)17/h3-7H,2,8H2,1H3. The van der Waals surface area contributed by atoms with E-state index in [9.17, 15) is 14.9 Å². The number of nitro groups is 1. The number of hydrogen-bond acceptors (Lipinski definition) is 4. The number of carbonyl (C=O) groups is 1. The van der Waals surface area contributed by atoms with Gasteiger partial charge in [-0.2, -0.15) is 0 Å². The molecule has 0 spiro atoms. The first-order valence-corrected chi connectivity index (χ1v) is 6.38. The molecule has 96 valence electrons. The quantitative estimate of drug-likeness (QED) is 0.275. The Hall–Kier alpha value is -1.69. The van der Waals surface area contributed by atoms with E-state index < -0.39 is 10.9 Å². The van der Waals surface area contributed by atoms with Gasteiger partial charge in [-0.1, -0.05) is 28.1 Å². The van der Waals surface area contributed by atoms with Crippen molar-refractivity contribution in [3.05, 3.63) is 46.0 Å².